The lowest BCUT2D eigenvalue weighted by atomic mass is 9.92. The zero-order valence-corrected chi connectivity index (χ0v) is 13.7. The number of benzene rings is 1. The first-order valence-corrected chi connectivity index (χ1v) is 8.68. The molecule has 0 aromatic heterocycles. The number of hydrogen-bond acceptors (Lipinski definition) is 3. The number of piperidine rings is 1. The van der Waals surface area contributed by atoms with Gasteiger partial charge in [-0.1, -0.05) is 15.9 Å². The van der Waals surface area contributed by atoms with Gasteiger partial charge in [-0.3, -0.25) is 4.79 Å². The fourth-order valence-electron chi connectivity index (χ4n) is 2.58. The zero-order chi connectivity index (χ0) is 15.8. The third-order valence-electron chi connectivity index (χ3n) is 3.73. The molecule has 21 heavy (non-hydrogen) atoms. The lowest BCUT2D eigenvalue weighted by molar-refractivity contribution is -0.144. The normalized spacial score (nSPS) is 24.0. The van der Waals surface area contributed by atoms with Gasteiger partial charge in [-0.05, 0) is 38.0 Å². The summed E-state index contributed by atoms with van der Waals surface area (Å²) in [5.74, 6) is -2.65. The molecule has 8 heteroatoms. The van der Waals surface area contributed by atoms with Crippen LogP contribution in [0.25, 0.3) is 0 Å². The van der Waals surface area contributed by atoms with Crippen molar-refractivity contribution in [3.63, 3.8) is 0 Å². The third-order valence-corrected chi connectivity index (χ3v) is 6.22. The minimum Gasteiger partial charge on any atom is -0.481 e. The Bertz CT molecular complexity index is 664. The Labute approximate surface area is 130 Å². The van der Waals surface area contributed by atoms with E-state index in [2.05, 4.69) is 15.9 Å². The molecular weight excluding hydrogens is 365 g/mol. The largest absolute Gasteiger partial charge is 0.481 e. The highest BCUT2D eigenvalue weighted by molar-refractivity contribution is 9.10. The third kappa shape index (κ3) is 3.12. The van der Waals surface area contributed by atoms with Crippen LogP contribution in [-0.4, -0.2) is 36.4 Å². The molecule has 0 saturated carbocycles. The summed E-state index contributed by atoms with van der Waals surface area (Å²) in [5, 5.41) is 9.16. The monoisotopic (exact) mass is 379 g/mol. The van der Waals surface area contributed by atoms with E-state index >= 15 is 0 Å². The molecule has 0 bridgehead atoms. The van der Waals surface area contributed by atoms with E-state index in [0.29, 0.717) is 17.3 Å². The molecule has 0 aliphatic carbocycles. The number of carboxylic acid groups (broad SMARTS) is 1. The van der Waals surface area contributed by atoms with Crippen LogP contribution in [0.4, 0.5) is 4.39 Å². The fourth-order valence-corrected chi connectivity index (χ4v) is 4.89. The van der Waals surface area contributed by atoms with Crippen molar-refractivity contribution in [3.05, 3.63) is 28.5 Å². The summed E-state index contributed by atoms with van der Waals surface area (Å²) in [6.07, 6.45) is 0.861. The Kier molecular flexibility index (Phi) is 4.69. The SMILES string of the molecule is C[C@@H]1[C@H](C(=O)O)CCCN1S(=O)(=O)c1cc(Br)ccc1F. The van der Waals surface area contributed by atoms with Gasteiger partial charge in [0, 0.05) is 17.1 Å². The summed E-state index contributed by atoms with van der Waals surface area (Å²) in [6, 6.07) is 2.97. The summed E-state index contributed by atoms with van der Waals surface area (Å²) >= 11 is 3.12. The minimum atomic E-state index is -4.07. The molecule has 2 rings (SSSR count). The maximum Gasteiger partial charge on any atom is 0.308 e. The van der Waals surface area contributed by atoms with Gasteiger partial charge < -0.3 is 5.11 Å². The van der Waals surface area contributed by atoms with Crippen LogP contribution < -0.4 is 0 Å². The van der Waals surface area contributed by atoms with E-state index in [-0.39, 0.29) is 6.54 Å². The van der Waals surface area contributed by atoms with E-state index in [1.54, 1.807) is 6.92 Å². The van der Waals surface area contributed by atoms with Gasteiger partial charge in [0.1, 0.15) is 10.7 Å². The molecule has 1 N–H and O–H groups in total. The van der Waals surface area contributed by atoms with Crippen molar-refractivity contribution in [1.82, 2.24) is 4.31 Å². The number of halogens is 2. The van der Waals surface area contributed by atoms with Crippen LogP contribution in [0.15, 0.2) is 27.6 Å². The minimum absolute atomic E-state index is 0.194. The molecule has 1 aliphatic heterocycles. The van der Waals surface area contributed by atoms with Crippen molar-refractivity contribution in [3.8, 4) is 0 Å². The lowest BCUT2D eigenvalue weighted by Gasteiger charge is -2.36. The van der Waals surface area contributed by atoms with Crippen LogP contribution >= 0.6 is 15.9 Å². The Morgan fingerprint density at radius 3 is 2.76 bits per heavy atom. The molecule has 2 atom stereocenters. The van der Waals surface area contributed by atoms with E-state index in [0.717, 1.165) is 10.4 Å². The average molecular weight is 380 g/mol. The fraction of sp³-hybridized carbons (Fsp3) is 0.462. The average Bonchev–Trinajstić information content (AvgIpc) is 2.41. The second-order valence-corrected chi connectivity index (χ2v) is 7.79. The summed E-state index contributed by atoms with van der Waals surface area (Å²) in [4.78, 5) is 10.8. The maximum absolute atomic E-state index is 13.9. The Morgan fingerprint density at radius 1 is 1.48 bits per heavy atom. The highest BCUT2D eigenvalue weighted by atomic mass is 79.9. The lowest BCUT2D eigenvalue weighted by Crippen LogP contribution is -2.49. The van der Waals surface area contributed by atoms with Gasteiger partial charge in [-0.25, -0.2) is 12.8 Å². The summed E-state index contributed by atoms with van der Waals surface area (Å²) in [7, 11) is -4.07. The van der Waals surface area contributed by atoms with Crippen LogP contribution in [0.3, 0.4) is 0 Å². The standard InChI is InChI=1S/C13H15BrFNO4S/c1-8-10(13(17)18)3-2-6-16(8)21(19,20)12-7-9(14)4-5-11(12)15/h4-5,7-8,10H,2-3,6H2,1H3,(H,17,18)/t8-,10-/m1/s1. The van der Waals surface area contributed by atoms with E-state index in [9.17, 15) is 17.6 Å². The zero-order valence-electron chi connectivity index (χ0n) is 11.3. The Morgan fingerprint density at radius 2 is 2.14 bits per heavy atom. The maximum atomic E-state index is 13.9. The van der Waals surface area contributed by atoms with Crippen molar-refractivity contribution in [2.45, 2.75) is 30.7 Å². The van der Waals surface area contributed by atoms with Gasteiger partial charge in [-0.2, -0.15) is 4.31 Å². The molecular formula is C13H15BrFNO4S. The van der Waals surface area contributed by atoms with Crippen molar-refractivity contribution in [2.24, 2.45) is 5.92 Å². The number of rotatable bonds is 3. The van der Waals surface area contributed by atoms with Gasteiger partial charge in [0.05, 0.1) is 5.92 Å². The van der Waals surface area contributed by atoms with Gasteiger partial charge in [0.2, 0.25) is 10.0 Å². The van der Waals surface area contributed by atoms with Gasteiger partial charge in [0.25, 0.3) is 0 Å². The second kappa shape index (κ2) is 6.02. The first-order valence-electron chi connectivity index (χ1n) is 6.45. The second-order valence-electron chi connectivity index (χ2n) is 5.02. The molecule has 0 radical (unpaired) electrons. The van der Waals surface area contributed by atoms with E-state index in [4.69, 9.17) is 5.11 Å². The van der Waals surface area contributed by atoms with E-state index in [1.165, 1.54) is 12.1 Å². The highest BCUT2D eigenvalue weighted by Crippen LogP contribution is 2.31. The molecule has 1 aromatic carbocycles. The van der Waals surface area contributed by atoms with Crippen LogP contribution in [0.2, 0.25) is 0 Å². The molecule has 5 nitrogen and oxygen atoms in total. The molecule has 0 unspecified atom stereocenters. The molecule has 1 heterocycles. The highest BCUT2D eigenvalue weighted by Gasteiger charge is 2.40. The first-order chi connectivity index (χ1) is 9.75. The van der Waals surface area contributed by atoms with E-state index in [1.807, 2.05) is 0 Å². The first kappa shape index (κ1) is 16.4. The molecule has 1 aromatic rings. The van der Waals surface area contributed by atoms with Gasteiger partial charge in [0.15, 0.2) is 0 Å². The predicted molar refractivity (Wildman–Crippen MR) is 77.8 cm³/mol. The quantitative estimate of drug-likeness (QED) is 0.874. The molecule has 1 saturated heterocycles. The number of hydrogen-bond donors (Lipinski definition) is 1. The molecule has 0 amide bonds. The molecule has 0 spiro atoms. The Balaban J connectivity index is 2.43. The van der Waals surface area contributed by atoms with Gasteiger partial charge in [-0.15, -0.1) is 0 Å². The topological polar surface area (TPSA) is 74.7 Å². The summed E-state index contributed by atoms with van der Waals surface area (Å²) in [6.45, 7) is 1.74. The number of nitrogens with zero attached hydrogens (tertiary/aromatic N) is 1. The Hall–Kier alpha value is -0.990. The van der Waals surface area contributed by atoms with Crippen molar-refractivity contribution >= 4 is 31.9 Å². The predicted octanol–water partition coefficient (Wildman–Crippen LogP) is 2.46. The molecule has 1 aliphatic rings. The van der Waals surface area contributed by atoms with Gasteiger partial charge >= 0.3 is 5.97 Å². The van der Waals surface area contributed by atoms with Crippen LogP contribution in [0.1, 0.15) is 19.8 Å². The molecule has 1 fully saturated rings. The van der Waals surface area contributed by atoms with Crippen LogP contribution in [0.5, 0.6) is 0 Å². The summed E-state index contributed by atoms with van der Waals surface area (Å²) < 4.78 is 40.6. The number of carbonyl (C=O) groups is 1. The van der Waals surface area contributed by atoms with E-state index < -0.39 is 38.7 Å². The summed E-state index contributed by atoms with van der Waals surface area (Å²) in [5.41, 5.74) is 0. The van der Waals surface area contributed by atoms with Crippen LogP contribution in [0, 0.1) is 11.7 Å². The van der Waals surface area contributed by atoms with Crippen LogP contribution in [-0.2, 0) is 14.8 Å². The van der Waals surface area contributed by atoms with Crippen molar-refractivity contribution < 1.29 is 22.7 Å². The smallest absolute Gasteiger partial charge is 0.308 e. The number of aliphatic carboxylic acids is 1. The number of carboxylic acids is 1. The van der Waals surface area contributed by atoms with Crippen molar-refractivity contribution in [2.75, 3.05) is 6.54 Å². The number of sulfonamides is 1. The molecule has 116 valence electrons. The van der Waals surface area contributed by atoms with Crippen molar-refractivity contribution in [1.29, 1.82) is 0 Å².